The van der Waals surface area contributed by atoms with Gasteiger partial charge in [0.2, 0.25) is 0 Å². The van der Waals surface area contributed by atoms with Crippen LogP contribution in [-0.4, -0.2) is 32.3 Å². The lowest BCUT2D eigenvalue weighted by atomic mass is 10.2. The van der Waals surface area contributed by atoms with Crippen LogP contribution in [0, 0.1) is 0 Å². The zero-order valence-corrected chi connectivity index (χ0v) is 11.5. The van der Waals surface area contributed by atoms with Gasteiger partial charge in [-0.2, -0.15) is 0 Å². The molecule has 3 rings (SSSR count). The highest BCUT2D eigenvalue weighted by Crippen LogP contribution is 2.22. The van der Waals surface area contributed by atoms with E-state index in [4.69, 9.17) is 17.3 Å². The van der Waals surface area contributed by atoms with Gasteiger partial charge in [0.15, 0.2) is 11.5 Å². The van der Waals surface area contributed by atoms with Crippen molar-refractivity contribution in [2.75, 3.05) is 17.7 Å². The molecule has 7 nitrogen and oxygen atoms in total. The van der Waals surface area contributed by atoms with E-state index < -0.39 is 0 Å². The largest absolute Gasteiger partial charge is 0.399 e. The Bertz CT molecular complexity index is 754. The fraction of sp³-hybridized carbons (Fsp3) is 0.167. The van der Waals surface area contributed by atoms with Gasteiger partial charge in [-0.1, -0.05) is 11.6 Å². The molecule has 8 heteroatoms. The van der Waals surface area contributed by atoms with E-state index in [0.717, 1.165) is 11.4 Å². The Labute approximate surface area is 119 Å². The number of tetrazole rings is 1. The summed E-state index contributed by atoms with van der Waals surface area (Å²) in [7, 11) is 1.91. The molecule has 102 valence electrons. The molecular formula is C12H12ClN7. The van der Waals surface area contributed by atoms with Gasteiger partial charge in [-0.3, -0.25) is 0 Å². The Morgan fingerprint density at radius 3 is 3.00 bits per heavy atom. The Morgan fingerprint density at radius 1 is 1.30 bits per heavy atom. The van der Waals surface area contributed by atoms with Gasteiger partial charge in [0.05, 0.1) is 0 Å². The highest BCUT2D eigenvalue weighted by molar-refractivity contribution is 6.31. The number of halogens is 1. The van der Waals surface area contributed by atoms with Crippen molar-refractivity contribution in [3.05, 3.63) is 40.9 Å². The molecular weight excluding hydrogens is 278 g/mol. The molecule has 3 aromatic rings. The molecule has 0 radical (unpaired) electrons. The molecule has 0 saturated heterocycles. The van der Waals surface area contributed by atoms with Crippen molar-refractivity contribution in [3.8, 4) is 0 Å². The van der Waals surface area contributed by atoms with Gasteiger partial charge in [-0.15, -0.1) is 14.8 Å². The molecule has 0 amide bonds. The number of rotatable bonds is 3. The Morgan fingerprint density at radius 2 is 2.15 bits per heavy atom. The van der Waals surface area contributed by atoms with Crippen LogP contribution in [0.5, 0.6) is 0 Å². The maximum absolute atomic E-state index is 6.17. The lowest BCUT2D eigenvalue weighted by molar-refractivity contribution is 0.720. The number of hydrogen-bond acceptors (Lipinski definition) is 6. The third kappa shape index (κ3) is 2.35. The van der Waals surface area contributed by atoms with Crippen LogP contribution < -0.4 is 10.6 Å². The van der Waals surface area contributed by atoms with E-state index in [1.807, 2.05) is 24.1 Å². The SMILES string of the molecule is CN(Cc1cc(N)ccc1Cl)c1ccc2nnnn2n1. The number of hydrogen-bond donors (Lipinski definition) is 1. The fourth-order valence-corrected chi connectivity index (χ4v) is 2.07. The molecule has 1 aromatic carbocycles. The molecule has 0 saturated carbocycles. The molecule has 20 heavy (non-hydrogen) atoms. The third-order valence-electron chi connectivity index (χ3n) is 2.92. The minimum Gasteiger partial charge on any atom is -0.399 e. The molecule has 0 fully saturated rings. The first kappa shape index (κ1) is 12.6. The van der Waals surface area contributed by atoms with Crippen molar-refractivity contribution in [1.82, 2.24) is 25.3 Å². The monoisotopic (exact) mass is 289 g/mol. The van der Waals surface area contributed by atoms with E-state index in [1.165, 1.54) is 4.63 Å². The molecule has 0 aliphatic heterocycles. The number of aromatic nitrogens is 5. The zero-order chi connectivity index (χ0) is 14.1. The highest BCUT2D eigenvalue weighted by atomic mass is 35.5. The van der Waals surface area contributed by atoms with Crippen LogP contribution in [0.15, 0.2) is 30.3 Å². The smallest absolute Gasteiger partial charge is 0.200 e. The zero-order valence-electron chi connectivity index (χ0n) is 10.7. The molecule has 2 aromatic heterocycles. The first-order valence-electron chi connectivity index (χ1n) is 5.94. The quantitative estimate of drug-likeness (QED) is 0.734. The lowest BCUT2D eigenvalue weighted by Gasteiger charge is -2.18. The topological polar surface area (TPSA) is 85.2 Å². The first-order valence-corrected chi connectivity index (χ1v) is 6.32. The van der Waals surface area contributed by atoms with Gasteiger partial charge >= 0.3 is 0 Å². The second-order valence-corrected chi connectivity index (χ2v) is 4.83. The van der Waals surface area contributed by atoms with E-state index in [0.29, 0.717) is 22.9 Å². The second-order valence-electron chi connectivity index (χ2n) is 4.42. The van der Waals surface area contributed by atoms with Gasteiger partial charge in [0, 0.05) is 24.3 Å². The van der Waals surface area contributed by atoms with Crippen molar-refractivity contribution in [1.29, 1.82) is 0 Å². The van der Waals surface area contributed by atoms with Crippen molar-refractivity contribution in [3.63, 3.8) is 0 Å². The Kier molecular flexibility index (Phi) is 3.11. The standard InChI is InChI=1S/C12H12ClN7/c1-19(7-8-6-9(14)2-3-10(8)13)12-5-4-11-15-17-18-20(11)16-12/h2-6H,7,14H2,1H3. The van der Waals surface area contributed by atoms with Crippen LogP contribution in [0.25, 0.3) is 5.65 Å². The minimum atomic E-state index is 0.588. The molecule has 2 heterocycles. The molecule has 0 unspecified atom stereocenters. The number of anilines is 2. The normalized spacial score (nSPS) is 10.9. The second kappa shape index (κ2) is 4.93. The number of nitrogen functional groups attached to an aromatic ring is 1. The van der Waals surface area contributed by atoms with Gasteiger partial charge in [-0.25, -0.2) is 0 Å². The summed E-state index contributed by atoms with van der Waals surface area (Å²) in [5.74, 6) is 0.739. The number of nitrogens with two attached hydrogens (primary N) is 1. The number of fused-ring (bicyclic) bond motifs is 1. The summed E-state index contributed by atoms with van der Waals surface area (Å²) in [6.07, 6.45) is 0. The van der Waals surface area contributed by atoms with Gasteiger partial charge in [-0.05, 0) is 46.3 Å². The van der Waals surface area contributed by atoms with Crippen molar-refractivity contribution in [2.24, 2.45) is 0 Å². The van der Waals surface area contributed by atoms with E-state index in [2.05, 4.69) is 20.6 Å². The van der Waals surface area contributed by atoms with Crippen LogP contribution in [0.1, 0.15) is 5.56 Å². The number of nitrogens with zero attached hydrogens (tertiary/aromatic N) is 6. The van der Waals surface area contributed by atoms with Gasteiger partial charge < -0.3 is 10.6 Å². The summed E-state index contributed by atoms with van der Waals surface area (Å²) in [6, 6.07) is 9.08. The molecule has 0 aliphatic carbocycles. The van der Waals surface area contributed by atoms with E-state index in [-0.39, 0.29) is 0 Å². The third-order valence-corrected chi connectivity index (χ3v) is 3.29. The summed E-state index contributed by atoms with van der Waals surface area (Å²) in [6.45, 7) is 0.588. The highest BCUT2D eigenvalue weighted by Gasteiger charge is 2.09. The molecule has 0 atom stereocenters. The van der Waals surface area contributed by atoms with Crippen LogP contribution in [0.3, 0.4) is 0 Å². The summed E-state index contributed by atoms with van der Waals surface area (Å²) in [5.41, 5.74) is 8.00. The molecule has 0 bridgehead atoms. The molecule has 0 aliphatic rings. The predicted octanol–water partition coefficient (Wildman–Crippen LogP) is 1.39. The maximum Gasteiger partial charge on any atom is 0.200 e. The van der Waals surface area contributed by atoms with Crippen LogP contribution in [0.2, 0.25) is 5.02 Å². The Hall–Kier alpha value is -2.41. The lowest BCUT2D eigenvalue weighted by Crippen LogP contribution is -2.19. The summed E-state index contributed by atoms with van der Waals surface area (Å²) in [4.78, 5) is 1.95. The average Bonchev–Trinajstić information content (AvgIpc) is 2.90. The molecule has 2 N–H and O–H groups in total. The minimum absolute atomic E-state index is 0.588. The van der Waals surface area contributed by atoms with Crippen molar-refractivity contribution >= 4 is 28.8 Å². The summed E-state index contributed by atoms with van der Waals surface area (Å²) in [5, 5.41) is 16.1. The van der Waals surface area contributed by atoms with Gasteiger partial charge in [0.1, 0.15) is 0 Å². The van der Waals surface area contributed by atoms with Gasteiger partial charge in [0.25, 0.3) is 0 Å². The number of benzene rings is 1. The maximum atomic E-state index is 6.17. The predicted molar refractivity (Wildman–Crippen MR) is 76.5 cm³/mol. The van der Waals surface area contributed by atoms with E-state index in [9.17, 15) is 0 Å². The summed E-state index contributed by atoms with van der Waals surface area (Å²) >= 11 is 6.17. The average molecular weight is 290 g/mol. The van der Waals surface area contributed by atoms with Crippen molar-refractivity contribution < 1.29 is 0 Å². The van der Waals surface area contributed by atoms with E-state index >= 15 is 0 Å². The van der Waals surface area contributed by atoms with Crippen LogP contribution >= 0.6 is 11.6 Å². The Balaban J connectivity index is 1.88. The first-order chi connectivity index (χ1) is 9.63. The summed E-state index contributed by atoms with van der Waals surface area (Å²) < 4.78 is 1.38. The van der Waals surface area contributed by atoms with Crippen LogP contribution in [0.4, 0.5) is 11.5 Å². The van der Waals surface area contributed by atoms with Crippen LogP contribution in [-0.2, 0) is 6.54 Å². The van der Waals surface area contributed by atoms with E-state index in [1.54, 1.807) is 18.2 Å². The molecule has 0 spiro atoms. The van der Waals surface area contributed by atoms with Crippen molar-refractivity contribution in [2.45, 2.75) is 6.54 Å². The fourth-order valence-electron chi connectivity index (χ4n) is 1.90.